The number of Topliss-reactive ketones (excluding diaryl/α,β-unsaturated/α-hetero) is 1. The first-order valence-electron chi connectivity index (χ1n) is 10.0. The molecule has 2 aromatic carbocycles. The van der Waals surface area contributed by atoms with E-state index in [0.29, 0.717) is 42.1 Å². The van der Waals surface area contributed by atoms with E-state index < -0.39 is 5.60 Å². The number of nitrogens with zero attached hydrogens (tertiary/aromatic N) is 1. The van der Waals surface area contributed by atoms with Crippen LogP contribution in [0.4, 0.5) is 0 Å². The summed E-state index contributed by atoms with van der Waals surface area (Å²) < 4.78 is 11.5. The number of hydrogen-bond donors (Lipinski definition) is 0. The first kappa shape index (κ1) is 19.5. The number of rotatable bonds is 2. The van der Waals surface area contributed by atoms with Crippen LogP contribution in [0.1, 0.15) is 59.9 Å². The third-order valence-electron chi connectivity index (χ3n) is 5.90. The van der Waals surface area contributed by atoms with Crippen LogP contribution in [0, 0.1) is 0 Å². The molecule has 0 saturated carbocycles. The molecule has 5 heteroatoms. The van der Waals surface area contributed by atoms with Crippen LogP contribution in [-0.2, 0) is 5.41 Å². The van der Waals surface area contributed by atoms with Gasteiger partial charge in [0.2, 0.25) is 0 Å². The minimum absolute atomic E-state index is 0.0149. The molecule has 5 nitrogen and oxygen atoms in total. The Hall–Kier alpha value is -2.82. The highest BCUT2D eigenvalue weighted by Gasteiger charge is 2.47. The smallest absolute Gasteiger partial charge is 0.253 e. The fourth-order valence-electron chi connectivity index (χ4n) is 4.14. The molecule has 0 aromatic heterocycles. The van der Waals surface area contributed by atoms with Crippen molar-refractivity contribution >= 4 is 11.7 Å². The molecule has 1 unspecified atom stereocenters. The molecule has 0 bridgehead atoms. The van der Waals surface area contributed by atoms with Crippen molar-refractivity contribution in [3.63, 3.8) is 0 Å². The van der Waals surface area contributed by atoms with E-state index in [9.17, 15) is 9.59 Å². The van der Waals surface area contributed by atoms with Crippen LogP contribution in [0.15, 0.2) is 42.5 Å². The van der Waals surface area contributed by atoms with Gasteiger partial charge in [-0.2, -0.15) is 0 Å². The van der Waals surface area contributed by atoms with Gasteiger partial charge >= 0.3 is 0 Å². The van der Waals surface area contributed by atoms with Crippen molar-refractivity contribution < 1.29 is 19.1 Å². The maximum absolute atomic E-state index is 13.0. The summed E-state index contributed by atoms with van der Waals surface area (Å²) in [6, 6.07) is 13.1. The molecule has 29 heavy (non-hydrogen) atoms. The number of fused-ring (bicyclic) bond motifs is 1. The molecule has 2 heterocycles. The van der Waals surface area contributed by atoms with Crippen LogP contribution in [0.3, 0.4) is 0 Å². The molecule has 2 aliphatic rings. The van der Waals surface area contributed by atoms with Gasteiger partial charge in [0.25, 0.3) is 5.91 Å². The average molecular weight is 393 g/mol. The summed E-state index contributed by atoms with van der Waals surface area (Å²) in [5.74, 6) is 1.23. The van der Waals surface area contributed by atoms with Gasteiger partial charge in [-0.25, -0.2) is 0 Å². The third kappa shape index (κ3) is 3.61. The maximum Gasteiger partial charge on any atom is 0.253 e. The van der Waals surface area contributed by atoms with Crippen LogP contribution in [0.5, 0.6) is 11.5 Å². The van der Waals surface area contributed by atoms with E-state index in [1.165, 1.54) is 5.56 Å². The number of benzene rings is 2. The lowest BCUT2D eigenvalue weighted by Crippen LogP contribution is -2.45. The molecule has 1 saturated heterocycles. The van der Waals surface area contributed by atoms with Gasteiger partial charge in [-0.1, -0.05) is 32.9 Å². The van der Waals surface area contributed by atoms with Crippen LogP contribution >= 0.6 is 0 Å². The number of likely N-dealkylation sites (tertiary alicyclic amines) is 1. The summed E-state index contributed by atoms with van der Waals surface area (Å²) in [7, 11) is 1.58. The second-order valence-electron chi connectivity index (χ2n) is 9.05. The zero-order chi connectivity index (χ0) is 20.8. The highest BCUT2D eigenvalue weighted by atomic mass is 16.5. The van der Waals surface area contributed by atoms with Crippen LogP contribution in [0.25, 0.3) is 0 Å². The highest BCUT2D eigenvalue weighted by molar-refractivity contribution is 6.01. The Morgan fingerprint density at radius 2 is 1.86 bits per heavy atom. The molecule has 152 valence electrons. The number of methoxy groups -OCH3 is 1. The monoisotopic (exact) mass is 393 g/mol. The second kappa shape index (κ2) is 6.90. The number of ketones is 1. The van der Waals surface area contributed by atoms with Gasteiger partial charge in [-0.3, -0.25) is 9.59 Å². The van der Waals surface area contributed by atoms with Crippen molar-refractivity contribution in [1.29, 1.82) is 0 Å². The van der Waals surface area contributed by atoms with E-state index in [2.05, 4.69) is 20.8 Å². The lowest BCUT2D eigenvalue weighted by molar-refractivity contribution is 0.0427. The fourth-order valence-corrected chi connectivity index (χ4v) is 4.14. The van der Waals surface area contributed by atoms with Gasteiger partial charge in [0.15, 0.2) is 5.78 Å². The summed E-state index contributed by atoms with van der Waals surface area (Å²) in [5, 5.41) is 0. The van der Waals surface area contributed by atoms with E-state index in [-0.39, 0.29) is 23.5 Å². The van der Waals surface area contributed by atoms with Gasteiger partial charge in [-0.15, -0.1) is 0 Å². The molecule has 4 rings (SSSR count). The number of hydrogen-bond acceptors (Lipinski definition) is 4. The minimum atomic E-state index is -0.639. The van der Waals surface area contributed by atoms with E-state index in [1.54, 1.807) is 30.2 Å². The van der Waals surface area contributed by atoms with Crippen molar-refractivity contribution in [1.82, 2.24) is 4.90 Å². The van der Waals surface area contributed by atoms with Crippen molar-refractivity contribution in [2.24, 2.45) is 0 Å². The molecular formula is C24H27NO4. The van der Waals surface area contributed by atoms with Crippen molar-refractivity contribution in [3.05, 3.63) is 59.2 Å². The number of carbonyl (C=O) groups is 2. The van der Waals surface area contributed by atoms with E-state index in [0.717, 1.165) is 0 Å². The maximum atomic E-state index is 13.0. The molecule has 2 aliphatic heterocycles. The normalized spacial score (nSPS) is 21.1. The lowest BCUT2D eigenvalue weighted by Gasteiger charge is -2.34. The Balaban J connectivity index is 1.51. The topological polar surface area (TPSA) is 55.8 Å². The molecule has 1 atom stereocenters. The standard InChI is InChI=1S/C24H27NO4/c1-23(2,3)17-7-5-16(6-8-17)22(27)25-12-11-24(15-25)14-20(26)19-13-18(28-4)9-10-21(19)29-24/h5-10,13H,11-12,14-15H2,1-4H3. The zero-order valence-corrected chi connectivity index (χ0v) is 17.5. The Morgan fingerprint density at radius 3 is 2.52 bits per heavy atom. The summed E-state index contributed by atoms with van der Waals surface area (Å²) in [4.78, 5) is 27.6. The SMILES string of the molecule is COc1ccc2c(c1)C(=O)CC1(CCN(C(=O)c3ccc(C(C)(C)C)cc3)C1)O2. The summed E-state index contributed by atoms with van der Waals surface area (Å²) >= 11 is 0. The van der Waals surface area contributed by atoms with Crippen LogP contribution in [-0.4, -0.2) is 42.4 Å². The van der Waals surface area contributed by atoms with E-state index in [1.807, 2.05) is 24.3 Å². The molecule has 0 radical (unpaired) electrons. The highest BCUT2D eigenvalue weighted by Crippen LogP contribution is 2.40. The van der Waals surface area contributed by atoms with E-state index >= 15 is 0 Å². The largest absolute Gasteiger partial charge is 0.497 e. The minimum Gasteiger partial charge on any atom is -0.497 e. The van der Waals surface area contributed by atoms with Gasteiger partial charge < -0.3 is 14.4 Å². The summed E-state index contributed by atoms with van der Waals surface area (Å²) in [6.45, 7) is 7.46. The molecule has 0 aliphatic carbocycles. The fraction of sp³-hybridized carbons (Fsp3) is 0.417. The van der Waals surface area contributed by atoms with Crippen LogP contribution < -0.4 is 9.47 Å². The van der Waals surface area contributed by atoms with Gasteiger partial charge in [0.05, 0.1) is 25.6 Å². The zero-order valence-electron chi connectivity index (χ0n) is 17.5. The van der Waals surface area contributed by atoms with Crippen molar-refractivity contribution in [2.45, 2.75) is 44.6 Å². The van der Waals surface area contributed by atoms with E-state index in [4.69, 9.17) is 9.47 Å². The molecule has 0 N–H and O–H groups in total. The Morgan fingerprint density at radius 1 is 1.14 bits per heavy atom. The predicted octanol–water partition coefficient (Wildman–Crippen LogP) is 4.24. The average Bonchev–Trinajstić information content (AvgIpc) is 3.09. The van der Waals surface area contributed by atoms with Crippen molar-refractivity contribution in [3.8, 4) is 11.5 Å². The Kier molecular flexibility index (Phi) is 4.64. The lowest BCUT2D eigenvalue weighted by atomic mass is 9.86. The molecule has 1 amide bonds. The van der Waals surface area contributed by atoms with Crippen LogP contribution in [0.2, 0.25) is 0 Å². The predicted molar refractivity (Wildman–Crippen MR) is 111 cm³/mol. The third-order valence-corrected chi connectivity index (χ3v) is 5.90. The summed E-state index contributed by atoms with van der Waals surface area (Å²) in [6.07, 6.45) is 0.927. The second-order valence-corrected chi connectivity index (χ2v) is 9.05. The number of carbonyl (C=O) groups excluding carboxylic acids is 2. The molecular weight excluding hydrogens is 366 g/mol. The van der Waals surface area contributed by atoms with Gasteiger partial charge in [0.1, 0.15) is 17.1 Å². The Bertz CT molecular complexity index is 958. The Labute approximate surface area is 171 Å². The molecule has 2 aromatic rings. The quantitative estimate of drug-likeness (QED) is 0.766. The molecule has 1 spiro atoms. The first-order chi connectivity index (χ1) is 13.7. The summed E-state index contributed by atoms with van der Waals surface area (Å²) in [5.41, 5.74) is 1.82. The first-order valence-corrected chi connectivity index (χ1v) is 10.0. The number of amides is 1. The molecule has 1 fully saturated rings. The van der Waals surface area contributed by atoms with Crippen molar-refractivity contribution in [2.75, 3.05) is 20.2 Å². The van der Waals surface area contributed by atoms with Gasteiger partial charge in [-0.05, 0) is 41.3 Å². The van der Waals surface area contributed by atoms with Gasteiger partial charge in [0, 0.05) is 18.5 Å². The number of ether oxygens (including phenoxy) is 2.